The Labute approximate surface area is 131 Å². The van der Waals surface area contributed by atoms with E-state index in [0.29, 0.717) is 6.54 Å². The summed E-state index contributed by atoms with van der Waals surface area (Å²) in [6, 6.07) is 2.07. The maximum Gasteiger partial charge on any atom is 0.166 e. The van der Waals surface area contributed by atoms with Gasteiger partial charge in [0.15, 0.2) is 11.5 Å². The van der Waals surface area contributed by atoms with E-state index in [1.165, 1.54) is 24.8 Å². The van der Waals surface area contributed by atoms with Crippen LogP contribution in [0.5, 0.6) is 11.5 Å². The molecule has 1 unspecified atom stereocenters. The summed E-state index contributed by atoms with van der Waals surface area (Å²) in [5.41, 5.74) is 8.44. The number of halogens is 1. The average molecular weight is 310 g/mol. The van der Waals surface area contributed by atoms with Gasteiger partial charge >= 0.3 is 0 Å². The van der Waals surface area contributed by atoms with Crippen molar-refractivity contribution in [1.82, 2.24) is 0 Å². The Morgan fingerprint density at radius 1 is 1.38 bits per heavy atom. The number of nitrogens with two attached hydrogens (primary N) is 1. The van der Waals surface area contributed by atoms with Crippen LogP contribution in [0.2, 0.25) is 5.02 Å². The van der Waals surface area contributed by atoms with Gasteiger partial charge in [0, 0.05) is 23.9 Å². The van der Waals surface area contributed by atoms with Gasteiger partial charge in [-0.15, -0.1) is 0 Å². The van der Waals surface area contributed by atoms with Gasteiger partial charge in [0.1, 0.15) is 6.10 Å². The maximum absolute atomic E-state index is 6.76. The van der Waals surface area contributed by atoms with Crippen LogP contribution >= 0.6 is 11.6 Å². The first kappa shape index (κ1) is 15.0. The second-order valence-corrected chi connectivity index (χ2v) is 6.80. The molecule has 0 bridgehead atoms. The van der Waals surface area contributed by atoms with Crippen molar-refractivity contribution < 1.29 is 9.47 Å². The maximum atomic E-state index is 6.76. The summed E-state index contributed by atoms with van der Waals surface area (Å²) in [5, 5.41) is 0.850. The van der Waals surface area contributed by atoms with Crippen molar-refractivity contribution in [3.63, 3.8) is 0 Å². The summed E-state index contributed by atoms with van der Waals surface area (Å²) in [6.07, 6.45) is 6.96. The van der Waals surface area contributed by atoms with Gasteiger partial charge in [-0.2, -0.15) is 0 Å². The molecule has 2 N–H and O–H groups in total. The van der Waals surface area contributed by atoms with E-state index in [9.17, 15) is 0 Å². The number of hydrogen-bond donors (Lipinski definition) is 1. The third-order valence-corrected chi connectivity index (χ3v) is 5.51. The zero-order valence-electron chi connectivity index (χ0n) is 12.9. The number of fused-ring (bicyclic) bond motifs is 1. The molecule has 1 aliphatic heterocycles. The normalized spacial score (nSPS) is 23.5. The smallest absolute Gasteiger partial charge is 0.166 e. The van der Waals surface area contributed by atoms with Crippen LogP contribution in [0, 0.1) is 0 Å². The molecule has 21 heavy (non-hydrogen) atoms. The van der Waals surface area contributed by atoms with Crippen LogP contribution in [-0.2, 0) is 11.8 Å². The summed E-state index contributed by atoms with van der Waals surface area (Å²) in [5.74, 6) is 1.62. The lowest BCUT2D eigenvalue weighted by Crippen LogP contribution is -2.37. The quantitative estimate of drug-likeness (QED) is 0.923. The summed E-state index contributed by atoms with van der Waals surface area (Å²) < 4.78 is 11.4. The summed E-state index contributed by atoms with van der Waals surface area (Å²) in [4.78, 5) is 0. The summed E-state index contributed by atoms with van der Waals surface area (Å²) in [6.45, 7) is 2.71. The number of methoxy groups -OCH3 is 1. The van der Waals surface area contributed by atoms with Crippen molar-refractivity contribution in [2.75, 3.05) is 13.7 Å². The highest BCUT2D eigenvalue weighted by atomic mass is 35.5. The van der Waals surface area contributed by atoms with Crippen molar-refractivity contribution in [1.29, 1.82) is 0 Å². The molecule has 1 aromatic carbocycles. The van der Waals surface area contributed by atoms with Crippen LogP contribution < -0.4 is 15.2 Å². The van der Waals surface area contributed by atoms with Crippen LogP contribution in [0.3, 0.4) is 0 Å². The Kier molecular flexibility index (Phi) is 4.06. The number of ether oxygens (including phenoxy) is 2. The fraction of sp³-hybridized carbons (Fsp3) is 0.647. The molecule has 2 aliphatic rings. The minimum atomic E-state index is 0.00344. The Bertz CT molecular complexity index is 538. The Morgan fingerprint density at radius 3 is 2.71 bits per heavy atom. The highest BCUT2D eigenvalue weighted by molar-refractivity contribution is 6.32. The lowest BCUT2D eigenvalue weighted by Gasteiger charge is -2.38. The highest BCUT2D eigenvalue weighted by Crippen LogP contribution is 2.50. The van der Waals surface area contributed by atoms with E-state index < -0.39 is 0 Å². The third kappa shape index (κ3) is 2.40. The van der Waals surface area contributed by atoms with Gasteiger partial charge in [-0.3, -0.25) is 0 Å². The third-order valence-electron chi connectivity index (χ3n) is 5.08. The Hall–Kier alpha value is -0.930. The second kappa shape index (κ2) is 5.69. The van der Waals surface area contributed by atoms with E-state index in [1.54, 1.807) is 7.11 Å². The lowest BCUT2D eigenvalue weighted by molar-refractivity contribution is 0.243. The molecule has 1 heterocycles. The average Bonchev–Trinajstić information content (AvgIpc) is 2.91. The molecular weight excluding hydrogens is 286 g/mol. The zero-order chi connectivity index (χ0) is 15.0. The molecular formula is C17H24ClNO2. The van der Waals surface area contributed by atoms with Gasteiger partial charge in [-0.25, -0.2) is 0 Å². The first-order chi connectivity index (χ1) is 10.1. The molecule has 4 heteroatoms. The highest BCUT2D eigenvalue weighted by Gasteiger charge is 2.38. The molecule has 0 amide bonds. The van der Waals surface area contributed by atoms with Gasteiger partial charge in [0.2, 0.25) is 0 Å². The molecule has 1 aliphatic carbocycles. The van der Waals surface area contributed by atoms with Gasteiger partial charge in [-0.1, -0.05) is 30.9 Å². The van der Waals surface area contributed by atoms with Gasteiger partial charge in [0.05, 0.1) is 12.1 Å². The predicted octanol–water partition coefficient (Wildman–Crippen LogP) is 3.83. The minimum Gasteiger partial charge on any atom is -0.493 e. The molecule has 0 radical (unpaired) electrons. The second-order valence-electron chi connectivity index (χ2n) is 6.43. The fourth-order valence-electron chi connectivity index (χ4n) is 3.86. The number of hydrogen-bond acceptors (Lipinski definition) is 3. The molecule has 0 saturated heterocycles. The van der Waals surface area contributed by atoms with Crippen molar-refractivity contribution in [3.05, 3.63) is 22.2 Å². The minimum absolute atomic E-state index is 0.00344. The van der Waals surface area contributed by atoms with Crippen molar-refractivity contribution in [2.45, 2.75) is 57.0 Å². The first-order valence-corrected chi connectivity index (χ1v) is 8.25. The summed E-state index contributed by atoms with van der Waals surface area (Å²) >= 11 is 6.76. The van der Waals surface area contributed by atoms with Crippen molar-refractivity contribution in [3.8, 4) is 11.5 Å². The van der Waals surface area contributed by atoms with Gasteiger partial charge < -0.3 is 15.2 Å². The molecule has 1 saturated carbocycles. The number of rotatable bonds is 3. The van der Waals surface area contributed by atoms with E-state index in [2.05, 4.69) is 13.0 Å². The van der Waals surface area contributed by atoms with Gasteiger partial charge in [-0.05, 0) is 31.4 Å². The fourth-order valence-corrected chi connectivity index (χ4v) is 4.28. The monoisotopic (exact) mass is 309 g/mol. The van der Waals surface area contributed by atoms with Crippen molar-refractivity contribution >= 4 is 11.6 Å². The predicted molar refractivity (Wildman–Crippen MR) is 85.6 cm³/mol. The number of benzene rings is 1. The van der Waals surface area contributed by atoms with Crippen LogP contribution in [0.1, 0.15) is 50.2 Å². The molecule has 1 fully saturated rings. The molecule has 3 rings (SSSR count). The summed E-state index contributed by atoms with van der Waals surface area (Å²) in [7, 11) is 1.69. The molecule has 0 aromatic heterocycles. The molecule has 1 atom stereocenters. The first-order valence-electron chi connectivity index (χ1n) is 7.88. The van der Waals surface area contributed by atoms with E-state index in [-0.39, 0.29) is 11.5 Å². The van der Waals surface area contributed by atoms with Crippen LogP contribution in [-0.4, -0.2) is 19.8 Å². The Morgan fingerprint density at radius 2 is 2.10 bits per heavy atom. The molecule has 1 aromatic rings. The largest absolute Gasteiger partial charge is 0.493 e. The standard InChI is InChI=1S/C17H24ClNO2/c1-11-8-12-15(18)13(9-14(20-2)16(12)21-11)17(10-19)6-4-3-5-7-17/h9,11H,3-8,10,19H2,1-2H3. The lowest BCUT2D eigenvalue weighted by atomic mass is 9.69. The topological polar surface area (TPSA) is 44.5 Å². The zero-order valence-corrected chi connectivity index (χ0v) is 13.6. The van der Waals surface area contributed by atoms with E-state index in [0.717, 1.165) is 41.3 Å². The van der Waals surface area contributed by atoms with E-state index >= 15 is 0 Å². The van der Waals surface area contributed by atoms with Crippen LogP contribution in [0.25, 0.3) is 0 Å². The van der Waals surface area contributed by atoms with Gasteiger partial charge in [0.25, 0.3) is 0 Å². The van der Waals surface area contributed by atoms with Crippen LogP contribution in [0.15, 0.2) is 6.07 Å². The van der Waals surface area contributed by atoms with E-state index in [4.69, 9.17) is 26.8 Å². The van der Waals surface area contributed by atoms with Crippen molar-refractivity contribution in [2.24, 2.45) is 5.73 Å². The van der Waals surface area contributed by atoms with E-state index in [1.807, 2.05) is 0 Å². The molecule has 3 nitrogen and oxygen atoms in total. The molecule has 116 valence electrons. The molecule has 0 spiro atoms. The Balaban J connectivity index is 2.13. The SMILES string of the molecule is COc1cc(C2(CN)CCCCC2)c(Cl)c2c1OC(C)C2. The van der Waals surface area contributed by atoms with Crippen LogP contribution in [0.4, 0.5) is 0 Å².